The van der Waals surface area contributed by atoms with Crippen molar-refractivity contribution in [3.63, 3.8) is 0 Å². The Hall–Kier alpha value is -5.45. The lowest BCUT2D eigenvalue weighted by Crippen LogP contribution is -2.33. The number of fused-ring (bicyclic) bond motifs is 2. The predicted octanol–water partition coefficient (Wildman–Crippen LogP) is 6.90. The third kappa shape index (κ3) is 5.80. The lowest BCUT2D eigenvalue weighted by molar-refractivity contribution is -0.128. The zero-order valence-electron chi connectivity index (χ0n) is 29.7. The van der Waals surface area contributed by atoms with E-state index in [1.54, 1.807) is 87.2 Å². The number of carbonyl (C=O) groups excluding carboxylic acids is 1. The van der Waals surface area contributed by atoms with Gasteiger partial charge in [0, 0.05) is 35.2 Å². The first-order valence-electron chi connectivity index (χ1n) is 16.1. The summed E-state index contributed by atoms with van der Waals surface area (Å²) in [5, 5.41) is 0. The average molecular weight is 687 g/mol. The van der Waals surface area contributed by atoms with Crippen molar-refractivity contribution >= 4 is 5.78 Å². The fraction of sp³-hybridized carbons (Fsp3) is 0.359. The molecule has 11 nitrogen and oxygen atoms in total. The summed E-state index contributed by atoms with van der Waals surface area (Å²) >= 11 is 0. The molecule has 4 atom stereocenters. The molecule has 6 rings (SSSR count). The second-order valence-corrected chi connectivity index (χ2v) is 12.0. The zero-order chi connectivity index (χ0) is 35.7. The Kier molecular flexibility index (Phi) is 9.76. The van der Waals surface area contributed by atoms with Crippen molar-refractivity contribution < 1.29 is 52.2 Å². The van der Waals surface area contributed by atoms with Gasteiger partial charge in [0.25, 0.3) is 0 Å². The summed E-state index contributed by atoms with van der Waals surface area (Å²) in [5.74, 6) is 3.81. The quantitative estimate of drug-likeness (QED) is 0.164. The van der Waals surface area contributed by atoms with Crippen molar-refractivity contribution in [2.75, 3.05) is 56.9 Å². The van der Waals surface area contributed by atoms with Gasteiger partial charge in [-0.25, -0.2) is 0 Å². The van der Waals surface area contributed by atoms with Gasteiger partial charge >= 0.3 is 0 Å². The van der Waals surface area contributed by atoms with Gasteiger partial charge in [0.05, 0.1) is 73.9 Å². The highest BCUT2D eigenvalue weighted by atomic mass is 16.5. The van der Waals surface area contributed by atoms with E-state index in [9.17, 15) is 0 Å². The average Bonchev–Trinajstić information content (AvgIpc) is 3.15. The molecule has 264 valence electrons. The molecular weight excluding hydrogens is 644 g/mol. The van der Waals surface area contributed by atoms with E-state index < -0.39 is 18.1 Å². The third-order valence-corrected chi connectivity index (χ3v) is 9.42. The molecule has 0 aromatic heterocycles. The van der Waals surface area contributed by atoms with Crippen molar-refractivity contribution in [2.24, 2.45) is 5.92 Å². The number of ketones is 1. The number of hydrogen-bond acceptors (Lipinski definition) is 11. The van der Waals surface area contributed by atoms with Crippen LogP contribution < -0.4 is 47.4 Å². The molecule has 4 aromatic carbocycles. The van der Waals surface area contributed by atoms with Crippen molar-refractivity contribution in [2.45, 2.75) is 31.5 Å². The van der Waals surface area contributed by atoms with Gasteiger partial charge in [0.1, 0.15) is 40.6 Å². The Morgan fingerprint density at radius 2 is 1.12 bits per heavy atom. The molecule has 11 heteroatoms. The first-order valence-corrected chi connectivity index (χ1v) is 16.1. The summed E-state index contributed by atoms with van der Waals surface area (Å²) < 4.78 is 59.1. The van der Waals surface area contributed by atoms with Crippen LogP contribution in [0.15, 0.2) is 54.6 Å². The van der Waals surface area contributed by atoms with Crippen LogP contribution in [0.3, 0.4) is 0 Å². The summed E-state index contributed by atoms with van der Waals surface area (Å²) in [6, 6.07) is 16.3. The highest BCUT2D eigenvalue weighted by molar-refractivity contribution is 5.98. The van der Waals surface area contributed by atoms with Gasteiger partial charge in [-0.3, -0.25) is 4.79 Å². The number of benzene rings is 4. The molecule has 2 aliphatic rings. The molecule has 0 radical (unpaired) electrons. The standard InChI is InChI=1S/C39H42O11/c1-20-14-24-27(44-5)19-31(48-9)34(39(24)50-37(20)21-10-12-25(42-3)28(15-21)45-6)35-33-30(47-8)17-23(41-2)18-32(33)49-38(36(35)40)22-11-13-26(43-4)29(16-22)46-7/h10-13,15-20,35,37-38H,14H2,1-9H3/t20?,35-,37-,38+/m0/s1. The molecule has 2 heterocycles. The summed E-state index contributed by atoms with van der Waals surface area (Å²) in [5.41, 5.74) is 3.33. The number of rotatable bonds is 11. The van der Waals surface area contributed by atoms with Gasteiger partial charge < -0.3 is 47.4 Å². The van der Waals surface area contributed by atoms with Crippen LogP contribution in [0.2, 0.25) is 0 Å². The number of hydrogen-bond donors (Lipinski definition) is 0. The van der Waals surface area contributed by atoms with E-state index in [0.717, 1.165) is 11.1 Å². The Morgan fingerprint density at radius 3 is 1.70 bits per heavy atom. The largest absolute Gasteiger partial charge is 0.496 e. The SMILES string of the molecule is COc1cc(OC)c2c(c1)O[C@H](c1ccc(OC)c(OC)c1)C(=O)[C@@H]2c1c(OC)cc(OC)c2c1O[C@H](c1ccc(OC)c(OC)c1)C(C)C2. The number of carbonyl (C=O) groups is 1. The normalized spacial score (nSPS) is 19.2. The number of Topliss-reactive ketones (excluding diaryl/α,β-unsaturated/α-hetero) is 1. The highest BCUT2D eigenvalue weighted by Gasteiger charge is 2.46. The van der Waals surface area contributed by atoms with Crippen LogP contribution in [0.25, 0.3) is 0 Å². The number of methoxy groups -OCH3 is 8. The fourth-order valence-corrected chi connectivity index (χ4v) is 6.98. The molecule has 4 aromatic rings. The van der Waals surface area contributed by atoms with Gasteiger partial charge in [-0.15, -0.1) is 0 Å². The first kappa shape index (κ1) is 34.4. The molecule has 0 fully saturated rings. The first-order chi connectivity index (χ1) is 24.2. The van der Waals surface area contributed by atoms with Gasteiger partial charge in [-0.2, -0.15) is 0 Å². The van der Waals surface area contributed by atoms with Crippen LogP contribution in [0.1, 0.15) is 52.9 Å². The molecule has 0 bridgehead atoms. The summed E-state index contributed by atoms with van der Waals surface area (Å²) in [4.78, 5) is 15.1. The lowest BCUT2D eigenvalue weighted by Gasteiger charge is -2.38. The lowest BCUT2D eigenvalue weighted by atomic mass is 9.77. The van der Waals surface area contributed by atoms with Crippen LogP contribution in [0.4, 0.5) is 0 Å². The minimum atomic E-state index is -1.05. The van der Waals surface area contributed by atoms with Gasteiger partial charge in [0.15, 0.2) is 34.9 Å². The molecule has 0 N–H and O–H groups in total. The molecular formula is C39H42O11. The number of ether oxygens (including phenoxy) is 10. The summed E-state index contributed by atoms with van der Waals surface area (Å²) in [7, 11) is 12.6. The van der Waals surface area contributed by atoms with Crippen LogP contribution in [0, 0.1) is 5.92 Å². The van der Waals surface area contributed by atoms with Crippen LogP contribution in [0.5, 0.6) is 57.5 Å². The van der Waals surface area contributed by atoms with Crippen molar-refractivity contribution in [1.82, 2.24) is 0 Å². The Labute approximate surface area is 291 Å². The van der Waals surface area contributed by atoms with E-state index in [4.69, 9.17) is 47.4 Å². The maximum atomic E-state index is 15.1. The molecule has 0 saturated carbocycles. The van der Waals surface area contributed by atoms with E-state index in [-0.39, 0.29) is 11.7 Å². The molecule has 50 heavy (non-hydrogen) atoms. The van der Waals surface area contributed by atoms with Crippen molar-refractivity contribution in [1.29, 1.82) is 0 Å². The van der Waals surface area contributed by atoms with Crippen LogP contribution in [-0.4, -0.2) is 62.7 Å². The van der Waals surface area contributed by atoms with Gasteiger partial charge in [0.2, 0.25) is 0 Å². The molecule has 0 aliphatic carbocycles. The summed E-state index contributed by atoms with van der Waals surface area (Å²) in [6.07, 6.45) is -0.861. The van der Waals surface area contributed by atoms with Gasteiger partial charge in [-0.1, -0.05) is 19.1 Å². The van der Waals surface area contributed by atoms with Crippen molar-refractivity contribution in [3.8, 4) is 57.5 Å². The van der Waals surface area contributed by atoms with Crippen molar-refractivity contribution in [3.05, 3.63) is 82.4 Å². The molecule has 0 spiro atoms. The summed E-state index contributed by atoms with van der Waals surface area (Å²) in [6.45, 7) is 2.12. The van der Waals surface area contributed by atoms with E-state index in [1.807, 2.05) is 24.3 Å². The second-order valence-electron chi connectivity index (χ2n) is 12.0. The predicted molar refractivity (Wildman–Crippen MR) is 185 cm³/mol. The second kappa shape index (κ2) is 14.2. The zero-order valence-corrected chi connectivity index (χ0v) is 29.7. The molecule has 2 aliphatic heterocycles. The highest BCUT2D eigenvalue weighted by Crippen LogP contribution is 2.57. The van der Waals surface area contributed by atoms with E-state index in [2.05, 4.69) is 6.92 Å². The van der Waals surface area contributed by atoms with Crippen LogP contribution >= 0.6 is 0 Å². The third-order valence-electron chi connectivity index (χ3n) is 9.42. The van der Waals surface area contributed by atoms with Gasteiger partial charge in [-0.05, 0) is 36.2 Å². The maximum absolute atomic E-state index is 15.1. The molecule has 1 unspecified atom stereocenters. The van der Waals surface area contributed by atoms with E-state index in [0.29, 0.717) is 80.6 Å². The van der Waals surface area contributed by atoms with E-state index in [1.165, 1.54) is 0 Å². The monoisotopic (exact) mass is 686 g/mol. The smallest absolute Gasteiger partial charge is 0.190 e. The maximum Gasteiger partial charge on any atom is 0.190 e. The fourth-order valence-electron chi connectivity index (χ4n) is 6.98. The Morgan fingerprint density at radius 1 is 0.560 bits per heavy atom. The van der Waals surface area contributed by atoms with Crippen LogP contribution in [-0.2, 0) is 11.2 Å². The topological polar surface area (TPSA) is 109 Å². The Balaban J connectivity index is 1.60. The molecule has 0 amide bonds. The van der Waals surface area contributed by atoms with E-state index >= 15 is 4.79 Å². The Bertz CT molecular complexity index is 1900. The molecule has 0 saturated heterocycles. The minimum absolute atomic E-state index is 0.0201. The minimum Gasteiger partial charge on any atom is -0.496 e.